The zero-order valence-corrected chi connectivity index (χ0v) is 11.5. The van der Waals surface area contributed by atoms with E-state index in [0.29, 0.717) is 6.20 Å². The lowest BCUT2D eigenvalue weighted by Gasteiger charge is -2.10. The van der Waals surface area contributed by atoms with Crippen LogP contribution in [0, 0.1) is 13.7 Å². The Morgan fingerprint density at radius 3 is 2.37 bits per heavy atom. The molecule has 1 rings (SSSR count). The van der Waals surface area contributed by atoms with E-state index in [2.05, 4.69) is 9.72 Å². The van der Waals surface area contributed by atoms with Gasteiger partial charge < -0.3 is 4.74 Å². The summed E-state index contributed by atoms with van der Waals surface area (Å²) in [6.07, 6.45) is -4.60. The molecule has 106 valence electrons. The zero-order valence-electron chi connectivity index (χ0n) is 8.51. The van der Waals surface area contributed by atoms with Gasteiger partial charge >= 0.3 is 17.9 Å². The number of hydrogen-bond donors (Lipinski definition) is 1. The number of alkyl halides is 3. The summed E-state index contributed by atoms with van der Waals surface area (Å²) in [6, 6.07) is 0. The van der Waals surface area contributed by atoms with Gasteiger partial charge in [-0.25, -0.2) is 18.5 Å². The molecule has 0 amide bonds. The molecule has 0 spiro atoms. The molecule has 19 heavy (non-hydrogen) atoms. The molecule has 0 bridgehead atoms. The Bertz CT molecular complexity index is 632. The lowest BCUT2D eigenvalue weighted by molar-refractivity contribution is -0.392. The Morgan fingerprint density at radius 1 is 1.47 bits per heavy atom. The molecule has 1 aromatic rings. The first kappa shape index (κ1) is 15.8. The second kappa shape index (κ2) is 5.04. The van der Waals surface area contributed by atoms with Crippen LogP contribution in [0.15, 0.2) is 11.1 Å². The highest BCUT2D eigenvalue weighted by atomic mass is 127. The molecular formula is C6H3F3IN3O5S. The van der Waals surface area contributed by atoms with Crippen LogP contribution in [0.5, 0.6) is 5.88 Å². The van der Waals surface area contributed by atoms with Gasteiger partial charge in [0.1, 0.15) is 0 Å². The maximum absolute atomic E-state index is 12.0. The summed E-state index contributed by atoms with van der Waals surface area (Å²) in [7, 11) is -4.62. The molecular weight excluding hydrogens is 410 g/mol. The molecule has 0 aromatic carbocycles. The van der Waals surface area contributed by atoms with Crippen LogP contribution in [0.3, 0.4) is 0 Å². The normalized spacial score (nSPS) is 12.3. The van der Waals surface area contributed by atoms with Gasteiger partial charge in [0.2, 0.25) is 10.0 Å². The Balaban J connectivity index is 3.65. The first-order chi connectivity index (χ1) is 8.43. The summed E-state index contributed by atoms with van der Waals surface area (Å²) in [4.78, 5) is 11.3. The SMILES string of the molecule is NS(=O)(=O)c1c(I)cnc(OC(F)(F)F)c1[N+](=O)[O-]. The van der Waals surface area contributed by atoms with Crippen molar-refractivity contribution in [1.29, 1.82) is 0 Å². The maximum Gasteiger partial charge on any atom is 0.574 e. The third-order valence-electron chi connectivity index (χ3n) is 1.61. The molecule has 0 fully saturated rings. The Morgan fingerprint density at radius 2 is 2.00 bits per heavy atom. The van der Waals surface area contributed by atoms with Gasteiger partial charge in [0.25, 0.3) is 0 Å². The number of nitro groups is 1. The quantitative estimate of drug-likeness (QED) is 0.450. The number of aromatic nitrogens is 1. The number of hydrogen-bond acceptors (Lipinski definition) is 6. The van der Waals surface area contributed by atoms with Crippen molar-refractivity contribution in [1.82, 2.24) is 4.98 Å². The maximum atomic E-state index is 12.0. The molecule has 0 atom stereocenters. The molecule has 0 saturated carbocycles. The minimum absolute atomic E-state index is 0.304. The molecule has 0 radical (unpaired) electrons. The highest BCUT2D eigenvalue weighted by Crippen LogP contribution is 2.36. The van der Waals surface area contributed by atoms with E-state index in [1.165, 1.54) is 22.6 Å². The predicted molar refractivity (Wildman–Crippen MR) is 61.7 cm³/mol. The number of halogens is 4. The monoisotopic (exact) mass is 413 g/mol. The fraction of sp³-hybridized carbons (Fsp3) is 0.167. The van der Waals surface area contributed by atoms with E-state index in [4.69, 9.17) is 5.14 Å². The topological polar surface area (TPSA) is 125 Å². The first-order valence-electron chi connectivity index (χ1n) is 4.05. The van der Waals surface area contributed by atoms with E-state index < -0.39 is 37.8 Å². The van der Waals surface area contributed by atoms with Gasteiger partial charge in [0.15, 0.2) is 4.90 Å². The number of sulfonamides is 1. The third-order valence-corrected chi connectivity index (χ3v) is 3.78. The summed E-state index contributed by atoms with van der Waals surface area (Å²) in [6.45, 7) is 0. The van der Waals surface area contributed by atoms with Crippen LogP contribution in [-0.2, 0) is 10.0 Å². The fourth-order valence-electron chi connectivity index (χ4n) is 1.06. The lowest BCUT2D eigenvalue weighted by Crippen LogP contribution is -2.21. The summed E-state index contributed by atoms with van der Waals surface area (Å²) >= 11 is 1.34. The van der Waals surface area contributed by atoms with Gasteiger partial charge in [-0.2, -0.15) is 0 Å². The van der Waals surface area contributed by atoms with Crippen LogP contribution in [-0.4, -0.2) is 24.7 Å². The van der Waals surface area contributed by atoms with Crippen molar-refractivity contribution in [3.8, 4) is 5.88 Å². The first-order valence-corrected chi connectivity index (χ1v) is 6.67. The molecule has 1 aromatic heterocycles. The van der Waals surface area contributed by atoms with Crippen LogP contribution in [0.4, 0.5) is 18.9 Å². The van der Waals surface area contributed by atoms with Crippen molar-refractivity contribution in [2.24, 2.45) is 5.14 Å². The van der Waals surface area contributed by atoms with Gasteiger partial charge in [-0.15, -0.1) is 13.2 Å². The minimum Gasteiger partial charge on any atom is -0.381 e. The summed E-state index contributed by atoms with van der Waals surface area (Å²) < 4.78 is 61.5. The van der Waals surface area contributed by atoms with Crippen LogP contribution in [0.2, 0.25) is 0 Å². The molecule has 2 N–H and O–H groups in total. The van der Waals surface area contributed by atoms with E-state index in [1.54, 1.807) is 0 Å². The summed E-state index contributed by atoms with van der Waals surface area (Å²) in [5.41, 5.74) is -1.47. The average Bonchev–Trinajstić information content (AvgIpc) is 2.15. The minimum atomic E-state index is -5.26. The molecule has 0 aliphatic carbocycles. The number of rotatable bonds is 3. The molecule has 0 unspecified atom stereocenters. The Hall–Kier alpha value is -1.22. The van der Waals surface area contributed by atoms with Gasteiger partial charge in [-0.1, -0.05) is 0 Å². The van der Waals surface area contributed by atoms with Gasteiger partial charge in [0, 0.05) is 6.20 Å². The fourth-order valence-corrected chi connectivity index (χ4v) is 3.13. The number of nitrogens with zero attached hydrogens (tertiary/aromatic N) is 2. The molecule has 1 heterocycles. The zero-order chi connectivity index (χ0) is 15.0. The predicted octanol–water partition coefficient (Wildman–Crippen LogP) is 1.14. The number of nitrogens with two attached hydrogens (primary N) is 1. The van der Waals surface area contributed by atoms with Crippen molar-refractivity contribution in [3.63, 3.8) is 0 Å². The lowest BCUT2D eigenvalue weighted by atomic mass is 10.4. The van der Waals surface area contributed by atoms with Gasteiger partial charge in [0.05, 0.1) is 8.49 Å². The van der Waals surface area contributed by atoms with Crippen LogP contribution in [0.25, 0.3) is 0 Å². The number of primary sulfonamides is 1. The van der Waals surface area contributed by atoms with E-state index in [0.717, 1.165) is 0 Å². The van der Waals surface area contributed by atoms with Crippen molar-refractivity contribution >= 4 is 38.3 Å². The largest absolute Gasteiger partial charge is 0.574 e. The van der Waals surface area contributed by atoms with E-state index in [1.807, 2.05) is 0 Å². The standard InChI is InChI=1S/C6H3F3IN3O5S/c7-6(8,9)18-5-3(13(14)15)4(19(11,16)17)2(10)1-12-5/h1H,(H2,11,16,17). The van der Waals surface area contributed by atoms with Crippen LogP contribution < -0.4 is 9.88 Å². The molecule has 0 saturated heterocycles. The average molecular weight is 413 g/mol. The molecule has 8 nitrogen and oxygen atoms in total. The Labute approximate surface area is 117 Å². The van der Waals surface area contributed by atoms with Gasteiger partial charge in [-0.05, 0) is 22.6 Å². The van der Waals surface area contributed by atoms with Crippen molar-refractivity contribution < 1.29 is 31.2 Å². The number of ether oxygens (including phenoxy) is 1. The Kier molecular flexibility index (Phi) is 4.20. The van der Waals surface area contributed by atoms with Crippen molar-refractivity contribution in [2.45, 2.75) is 11.3 Å². The highest BCUT2D eigenvalue weighted by molar-refractivity contribution is 14.1. The second-order valence-corrected chi connectivity index (χ2v) is 5.60. The number of pyridine rings is 1. The van der Waals surface area contributed by atoms with Crippen LogP contribution >= 0.6 is 22.6 Å². The molecule has 0 aliphatic rings. The highest BCUT2D eigenvalue weighted by Gasteiger charge is 2.39. The summed E-state index contributed by atoms with van der Waals surface area (Å²) in [5.74, 6) is -1.50. The molecule has 13 heteroatoms. The second-order valence-electron chi connectivity index (χ2n) is 2.94. The van der Waals surface area contributed by atoms with Gasteiger partial charge in [-0.3, -0.25) is 10.1 Å². The van der Waals surface area contributed by atoms with E-state index in [9.17, 15) is 31.7 Å². The van der Waals surface area contributed by atoms with Crippen molar-refractivity contribution in [3.05, 3.63) is 19.9 Å². The molecule has 0 aliphatic heterocycles. The van der Waals surface area contributed by atoms with Crippen LogP contribution in [0.1, 0.15) is 0 Å². The smallest absolute Gasteiger partial charge is 0.381 e. The third kappa shape index (κ3) is 3.87. The summed E-state index contributed by atoms with van der Waals surface area (Å²) in [5, 5.41) is 15.4. The van der Waals surface area contributed by atoms with E-state index in [-0.39, 0.29) is 3.57 Å². The van der Waals surface area contributed by atoms with Crippen molar-refractivity contribution in [2.75, 3.05) is 0 Å². The van der Waals surface area contributed by atoms with E-state index >= 15 is 0 Å².